The number of carbonyl (C=O) groups excluding carboxylic acids is 1. The van der Waals surface area contributed by atoms with Crippen molar-refractivity contribution in [1.29, 1.82) is 0 Å². The van der Waals surface area contributed by atoms with Crippen molar-refractivity contribution in [2.75, 3.05) is 0 Å². The van der Waals surface area contributed by atoms with Gasteiger partial charge in [0.15, 0.2) is 0 Å². The Balaban J connectivity index is 2.03. The summed E-state index contributed by atoms with van der Waals surface area (Å²) in [5.74, 6) is -0.527. The van der Waals surface area contributed by atoms with Gasteiger partial charge in [0.1, 0.15) is 5.82 Å². The molecule has 2 rings (SSSR count). The van der Waals surface area contributed by atoms with E-state index in [2.05, 4.69) is 17.9 Å². The van der Waals surface area contributed by atoms with Crippen molar-refractivity contribution in [2.24, 2.45) is 0 Å². The largest absolute Gasteiger partial charge is 0.348 e. The van der Waals surface area contributed by atoms with Crippen LogP contribution in [0.2, 0.25) is 0 Å². The van der Waals surface area contributed by atoms with Crippen LogP contribution in [0.4, 0.5) is 4.39 Å². The first-order valence-electron chi connectivity index (χ1n) is 5.47. The maximum Gasteiger partial charge on any atom is 0.252 e. The number of hydrogen-bond donors (Lipinski definition) is 2. The SMILES string of the molecule is O=C(NCc1cccc(F)c1)c1ccccc1S. The molecule has 1 amide bonds. The first kappa shape index (κ1) is 12.6. The van der Waals surface area contributed by atoms with Crippen LogP contribution in [0.3, 0.4) is 0 Å². The lowest BCUT2D eigenvalue weighted by Gasteiger charge is -2.07. The normalized spacial score (nSPS) is 10.1. The standard InChI is InChI=1S/C14H12FNOS/c15-11-5-3-4-10(8-11)9-16-14(17)12-6-1-2-7-13(12)18/h1-8,18H,9H2,(H,16,17). The summed E-state index contributed by atoms with van der Waals surface area (Å²) in [7, 11) is 0. The summed E-state index contributed by atoms with van der Waals surface area (Å²) in [6.45, 7) is 0.290. The number of amides is 1. The smallest absolute Gasteiger partial charge is 0.252 e. The van der Waals surface area contributed by atoms with Crippen LogP contribution in [-0.4, -0.2) is 5.91 Å². The van der Waals surface area contributed by atoms with Gasteiger partial charge in [0.2, 0.25) is 0 Å². The highest BCUT2D eigenvalue weighted by atomic mass is 32.1. The van der Waals surface area contributed by atoms with Crippen molar-refractivity contribution < 1.29 is 9.18 Å². The summed E-state index contributed by atoms with van der Waals surface area (Å²) >= 11 is 4.21. The van der Waals surface area contributed by atoms with Crippen LogP contribution < -0.4 is 5.32 Å². The van der Waals surface area contributed by atoms with Gasteiger partial charge in [-0.25, -0.2) is 4.39 Å². The molecule has 1 N–H and O–H groups in total. The molecule has 0 bridgehead atoms. The van der Waals surface area contributed by atoms with E-state index in [0.717, 1.165) is 5.56 Å². The molecule has 0 atom stereocenters. The quantitative estimate of drug-likeness (QED) is 0.817. The Morgan fingerprint density at radius 1 is 1.17 bits per heavy atom. The second-order valence-corrected chi connectivity index (χ2v) is 4.31. The molecule has 0 aliphatic heterocycles. The first-order valence-corrected chi connectivity index (χ1v) is 5.92. The Labute approximate surface area is 110 Å². The van der Waals surface area contributed by atoms with Crippen molar-refractivity contribution in [3.8, 4) is 0 Å². The van der Waals surface area contributed by atoms with Crippen LogP contribution >= 0.6 is 12.6 Å². The topological polar surface area (TPSA) is 29.1 Å². The molecule has 0 aliphatic rings. The molecule has 0 aromatic heterocycles. The van der Waals surface area contributed by atoms with Gasteiger partial charge in [-0.1, -0.05) is 24.3 Å². The van der Waals surface area contributed by atoms with Crippen LogP contribution in [0.25, 0.3) is 0 Å². The third-order valence-electron chi connectivity index (χ3n) is 2.49. The van der Waals surface area contributed by atoms with Gasteiger partial charge in [-0.05, 0) is 29.8 Å². The molecule has 0 saturated heterocycles. The Morgan fingerprint density at radius 2 is 1.94 bits per heavy atom. The summed E-state index contributed by atoms with van der Waals surface area (Å²) in [4.78, 5) is 12.5. The zero-order valence-corrected chi connectivity index (χ0v) is 10.5. The fourth-order valence-electron chi connectivity index (χ4n) is 1.59. The minimum Gasteiger partial charge on any atom is -0.348 e. The Bertz CT molecular complexity index is 571. The van der Waals surface area contributed by atoms with E-state index in [1.54, 1.807) is 30.3 Å². The number of rotatable bonds is 3. The fourth-order valence-corrected chi connectivity index (χ4v) is 1.85. The molecule has 2 aromatic carbocycles. The van der Waals surface area contributed by atoms with E-state index in [1.807, 2.05) is 6.07 Å². The lowest BCUT2D eigenvalue weighted by Crippen LogP contribution is -2.23. The summed E-state index contributed by atoms with van der Waals surface area (Å²) in [6, 6.07) is 13.2. The summed E-state index contributed by atoms with van der Waals surface area (Å²) in [6.07, 6.45) is 0. The van der Waals surface area contributed by atoms with Crippen molar-refractivity contribution in [3.63, 3.8) is 0 Å². The average molecular weight is 261 g/mol. The Kier molecular flexibility index (Phi) is 3.99. The van der Waals surface area contributed by atoms with Crippen LogP contribution in [0.5, 0.6) is 0 Å². The van der Waals surface area contributed by atoms with Gasteiger partial charge in [0, 0.05) is 11.4 Å². The first-order chi connectivity index (χ1) is 8.66. The molecule has 2 nitrogen and oxygen atoms in total. The second-order valence-electron chi connectivity index (χ2n) is 3.83. The molecule has 0 unspecified atom stereocenters. The molecule has 18 heavy (non-hydrogen) atoms. The highest BCUT2D eigenvalue weighted by Crippen LogP contribution is 2.12. The lowest BCUT2D eigenvalue weighted by atomic mass is 10.2. The molecular weight excluding hydrogens is 249 g/mol. The average Bonchev–Trinajstić information content (AvgIpc) is 2.37. The summed E-state index contributed by atoms with van der Waals surface area (Å²) in [5.41, 5.74) is 1.23. The zero-order valence-electron chi connectivity index (χ0n) is 9.56. The third-order valence-corrected chi connectivity index (χ3v) is 2.88. The lowest BCUT2D eigenvalue weighted by molar-refractivity contribution is 0.0948. The minimum absolute atomic E-state index is 0.218. The molecule has 92 valence electrons. The van der Waals surface area contributed by atoms with E-state index >= 15 is 0 Å². The number of hydrogen-bond acceptors (Lipinski definition) is 2. The van der Waals surface area contributed by atoms with Gasteiger partial charge < -0.3 is 5.32 Å². The highest BCUT2D eigenvalue weighted by molar-refractivity contribution is 7.80. The molecule has 4 heteroatoms. The number of nitrogens with one attached hydrogen (secondary N) is 1. The summed E-state index contributed by atoms with van der Waals surface area (Å²) < 4.78 is 13.0. The van der Waals surface area contributed by atoms with Gasteiger partial charge >= 0.3 is 0 Å². The maximum atomic E-state index is 13.0. The van der Waals surface area contributed by atoms with Crippen LogP contribution in [0.1, 0.15) is 15.9 Å². The minimum atomic E-state index is -0.309. The molecular formula is C14H12FNOS. The van der Waals surface area contributed by atoms with E-state index in [1.165, 1.54) is 12.1 Å². The molecule has 0 aliphatic carbocycles. The predicted molar refractivity (Wildman–Crippen MR) is 71.3 cm³/mol. The fraction of sp³-hybridized carbons (Fsp3) is 0.0714. The molecule has 2 aromatic rings. The van der Waals surface area contributed by atoms with E-state index in [9.17, 15) is 9.18 Å². The number of halogens is 1. The number of benzene rings is 2. The van der Waals surface area contributed by atoms with Crippen LogP contribution in [-0.2, 0) is 6.54 Å². The van der Waals surface area contributed by atoms with Crippen molar-refractivity contribution in [3.05, 3.63) is 65.5 Å². The van der Waals surface area contributed by atoms with E-state index < -0.39 is 0 Å². The van der Waals surface area contributed by atoms with E-state index in [-0.39, 0.29) is 11.7 Å². The maximum absolute atomic E-state index is 13.0. The van der Waals surface area contributed by atoms with Gasteiger partial charge in [-0.3, -0.25) is 4.79 Å². The molecule has 0 heterocycles. The number of thiol groups is 1. The Hall–Kier alpha value is -1.81. The van der Waals surface area contributed by atoms with Gasteiger partial charge in [-0.15, -0.1) is 12.6 Å². The van der Waals surface area contributed by atoms with Crippen LogP contribution in [0.15, 0.2) is 53.4 Å². The van der Waals surface area contributed by atoms with Gasteiger partial charge in [0.05, 0.1) is 5.56 Å². The van der Waals surface area contributed by atoms with Crippen molar-refractivity contribution in [1.82, 2.24) is 5.32 Å². The molecule has 0 spiro atoms. The molecule has 0 radical (unpaired) electrons. The van der Waals surface area contributed by atoms with Gasteiger partial charge in [0.25, 0.3) is 5.91 Å². The Morgan fingerprint density at radius 3 is 2.67 bits per heavy atom. The van der Waals surface area contributed by atoms with Crippen molar-refractivity contribution >= 4 is 18.5 Å². The highest BCUT2D eigenvalue weighted by Gasteiger charge is 2.08. The third kappa shape index (κ3) is 3.11. The molecule has 0 saturated carbocycles. The van der Waals surface area contributed by atoms with Gasteiger partial charge in [-0.2, -0.15) is 0 Å². The zero-order chi connectivity index (χ0) is 13.0. The molecule has 0 fully saturated rings. The summed E-state index contributed by atoms with van der Waals surface area (Å²) in [5, 5.41) is 2.73. The van der Waals surface area contributed by atoms with Crippen molar-refractivity contribution in [2.45, 2.75) is 11.4 Å². The second kappa shape index (κ2) is 5.69. The predicted octanol–water partition coefficient (Wildman–Crippen LogP) is 3.04. The monoisotopic (exact) mass is 261 g/mol. The van der Waals surface area contributed by atoms with E-state index in [4.69, 9.17) is 0 Å². The number of carbonyl (C=O) groups is 1. The van der Waals surface area contributed by atoms with E-state index in [0.29, 0.717) is 17.0 Å². The van der Waals surface area contributed by atoms with Crippen LogP contribution in [0, 0.1) is 5.82 Å².